The Hall–Kier alpha value is -2.34. The van der Waals surface area contributed by atoms with Crippen molar-refractivity contribution >= 4 is 22.3 Å². The van der Waals surface area contributed by atoms with Gasteiger partial charge in [0.05, 0.1) is 12.3 Å². The van der Waals surface area contributed by atoms with Crippen molar-refractivity contribution in [2.24, 2.45) is 0 Å². The summed E-state index contributed by atoms with van der Waals surface area (Å²) in [5.41, 5.74) is 3.17. The molecular weight excluding hydrogens is 324 g/mol. The van der Waals surface area contributed by atoms with Crippen LogP contribution in [-0.2, 0) is 0 Å². The summed E-state index contributed by atoms with van der Waals surface area (Å²) in [4.78, 5) is 16.0. The van der Waals surface area contributed by atoms with Crippen molar-refractivity contribution in [1.82, 2.24) is 9.38 Å². The maximum Gasteiger partial charge on any atom is 0.356 e. The second-order valence-electron chi connectivity index (χ2n) is 5.70. The number of rotatable bonds is 6. The third-order valence-electron chi connectivity index (χ3n) is 4.19. The van der Waals surface area contributed by atoms with Crippen LogP contribution in [-0.4, -0.2) is 27.1 Å². The number of aromatic carboxylic acids is 1. The van der Waals surface area contributed by atoms with Crippen molar-refractivity contribution in [3.63, 3.8) is 0 Å². The number of hydrogen-bond donors (Lipinski definition) is 1. The molecule has 0 spiro atoms. The van der Waals surface area contributed by atoms with E-state index in [-0.39, 0.29) is 5.69 Å². The Labute approximate surface area is 144 Å². The number of carboxylic acid groups (broad SMARTS) is 1. The first-order valence-corrected chi connectivity index (χ1v) is 8.90. The van der Waals surface area contributed by atoms with Gasteiger partial charge in [-0.15, -0.1) is 11.3 Å². The van der Waals surface area contributed by atoms with Crippen LogP contribution in [0.4, 0.5) is 0 Å². The number of carboxylic acids is 1. The van der Waals surface area contributed by atoms with Crippen molar-refractivity contribution < 1.29 is 14.6 Å². The predicted molar refractivity (Wildman–Crippen MR) is 95.3 cm³/mol. The summed E-state index contributed by atoms with van der Waals surface area (Å²) in [7, 11) is 0. The van der Waals surface area contributed by atoms with Crippen LogP contribution in [0.5, 0.6) is 5.75 Å². The molecule has 0 bridgehead atoms. The highest BCUT2D eigenvalue weighted by Crippen LogP contribution is 2.36. The van der Waals surface area contributed by atoms with Crippen molar-refractivity contribution in [2.45, 2.75) is 33.1 Å². The summed E-state index contributed by atoms with van der Waals surface area (Å²) >= 11 is 1.43. The molecule has 2 heterocycles. The average molecular weight is 344 g/mol. The fourth-order valence-electron chi connectivity index (χ4n) is 2.65. The van der Waals surface area contributed by atoms with Gasteiger partial charge in [-0.1, -0.05) is 19.9 Å². The maximum atomic E-state index is 11.2. The number of fused-ring (bicyclic) bond motifs is 1. The van der Waals surface area contributed by atoms with Crippen molar-refractivity contribution in [1.29, 1.82) is 0 Å². The zero-order valence-electron chi connectivity index (χ0n) is 13.9. The van der Waals surface area contributed by atoms with Crippen LogP contribution in [0.2, 0.25) is 0 Å². The molecule has 6 heteroatoms. The molecule has 3 aromatic rings. The summed E-state index contributed by atoms with van der Waals surface area (Å²) < 4.78 is 7.61. The summed E-state index contributed by atoms with van der Waals surface area (Å²) in [5, 5.41) is 11.1. The third kappa shape index (κ3) is 2.89. The molecular formula is C18H20N2O3S. The summed E-state index contributed by atoms with van der Waals surface area (Å²) in [6.45, 7) is 6.89. The van der Waals surface area contributed by atoms with Crippen molar-refractivity contribution in [3.8, 4) is 17.0 Å². The first-order valence-electron chi connectivity index (χ1n) is 8.02. The normalized spacial score (nSPS) is 12.5. The molecule has 3 rings (SSSR count). The standard InChI is InChI=1S/C18H20N2O3S/c1-4-11(3)12-6-7-16(23-5-2)13(8-12)15-10-24-18-19-14(17(21)22)9-20(15)18/h6-11H,4-5H2,1-3H3,(H,21,22). The second kappa shape index (κ2) is 6.65. The third-order valence-corrected chi connectivity index (χ3v) is 5.03. The minimum atomic E-state index is -1.02. The molecule has 1 unspecified atom stereocenters. The van der Waals surface area contributed by atoms with Gasteiger partial charge in [0.2, 0.25) is 0 Å². The van der Waals surface area contributed by atoms with Crippen LogP contribution in [0, 0.1) is 0 Å². The molecule has 0 saturated heterocycles. The Morgan fingerprint density at radius 3 is 2.88 bits per heavy atom. The SMILES string of the molecule is CCOc1ccc(C(C)CC)cc1-c1csc2nc(C(=O)O)cn12. The average Bonchev–Trinajstić information content (AvgIpc) is 3.15. The smallest absolute Gasteiger partial charge is 0.356 e. The summed E-state index contributed by atoms with van der Waals surface area (Å²) in [6, 6.07) is 6.24. The lowest BCUT2D eigenvalue weighted by atomic mass is 9.95. The molecule has 1 atom stereocenters. The van der Waals surface area contributed by atoms with E-state index in [0.29, 0.717) is 17.5 Å². The zero-order valence-corrected chi connectivity index (χ0v) is 14.8. The van der Waals surface area contributed by atoms with Crippen LogP contribution in [0.15, 0.2) is 29.8 Å². The number of nitrogens with zero attached hydrogens (tertiary/aromatic N) is 2. The summed E-state index contributed by atoms with van der Waals surface area (Å²) in [5.74, 6) is 0.232. The van der Waals surface area contributed by atoms with E-state index in [1.807, 2.05) is 22.8 Å². The highest BCUT2D eigenvalue weighted by atomic mass is 32.1. The van der Waals surface area contributed by atoms with Crippen molar-refractivity contribution in [3.05, 3.63) is 41.0 Å². The Balaban J connectivity index is 2.17. The number of carbonyl (C=O) groups is 1. The maximum absolute atomic E-state index is 11.2. The molecule has 24 heavy (non-hydrogen) atoms. The number of thiazole rings is 1. The molecule has 0 fully saturated rings. The molecule has 0 amide bonds. The van der Waals surface area contributed by atoms with Gasteiger partial charge in [0.25, 0.3) is 0 Å². The van der Waals surface area contributed by atoms with Crippen LogP contribution >= 0.6 is 11.3 Å². The lowest BCUT2D eigenvalue weighted by Gasteiger charge is -2.15. The first kappa shape index (κ1) is 16.5. The van der Waals surface area contributed by atoms with E-state index >= 15 is 0 Å². The molecule has 5 nitrogen and oxygen atoms in total. The number of ether oxygens (including phenoxy) is 1. The minimum absolute atomic E-state index is 0.0548. The van der Waals surface area contributed by atoms with Gasteiger partial charge >= 0.3 is 5.97 Å². The van der Waals surface area contributed by atoms with Gasteiger partial charge < -0.3 is 9.84 Å². The number of hydrogen-bond acceptors (Lipinski definition) is 4. The quantitative estimate of drug-likeness (QED) is 0.705. The van der Waals surface area contributed by atoms with Gasteiger partial charge in [0, 0.05) is 17.1 Å². The molecule has 126 valence electrons. The second-order valence-corrected chi connectivity index (χ2v) is 6.54. The van der Waals surface area contributed by atoms with E-state index in [9.17, 15) is 4.79 Å². The lowest BCUT2D eigenvalue weighted by Crippen LogP contribution is -1.99. The Bertz CT molecular complexity index is 882. The molecule has 0 aliphatic carbocycles. The van der Waals surface area contributed by atoms with Crippen molar-refractivity contribution in [2.75, 3.05) is 6.61 Å². The van der Waals surface area contributed by atoms with E-state index in [0.717, 1.165) is 23.4 Å². The van der Waals surface area contributed by atoms with Gasteiger partial charge in [0.1, 0.15) is 5.75 Å². The number of imidazole rings is 1. The fourth-order valence-corrected chi connectivity index (χ4v) is 3.53. The largest absolute Gasteiger partial charge is 0.493 e. The van der Waals surface area contributed by atoms with E-state index in [1.54, 1.807) is 6.20 Å². The summed E-state index contributed by atoms with van der Waals surface area (Å²) in [6.07, 6.45) is 2.62. The molecule has 0 aliphatic rings. The molecule has 1 N–H and O–H groups in total. The van der Waals surface area contributed by atoms with E-state index < -0.39 is 5.97 Å². The Morgan fingerprint density at radius 2 is 2.21 bits per heavy atom. The Kier molecular flexibility index (Phi) is 4.57. The molecule has 0 aliphatic heterocycles. The monoisotopic (exact) mass is 344 g/mol. The van der Waals surface area contributed by atoms with Crippen LogP contribution in [0.3, 0.4) is 0 Å². The predicted octanol–water partition coefficient (Wildman–Crippen LogP) is 4.67. The first-order chi connectivity index (χ1) is 11.5. The highest BCUT2D eigenvalue weighted by Gasteiger charge is 2.17. The minimum Gasteiger partial charge on any atom is -0.493 e. The molecule has 0 radical (unpaired) electrons. The number of benzene rings is 1. The Morgan fingerprint density at radius 1 is 1.42 bits per heavy atom. The van der Waals surface area contributed by atoms with E-state index in [2.05, 4.69) is 31.0 Å². The van der Waals surface area contributed by atoms with Crippen LogP contribution in [0.1, 0.15) is 49.2 Å². The molecule has 0 saturated carbocycles. The topological polar surface area (TPSA) is 63.8 Å². The number of aromatic nitrogens is 2. The van der Waals surface area contributed by atoms with E-state index in [4.69, 9.17) is 9.84 Å². The highest BCUT2D eigenvalue weighted by molar-refractivity contribution is 7.15. The van der Waals surface area contributed by atoms with Crippen LogP contribution in [0.25, 0.3) is 16.2 Å². The zero-order chi connectivity index (χ0) is 17.3. The lowest BCUT2D eigenvalue weighted by molar-refractivity contribution is 0.0691. The van der Waals surface area contributed by atoms with E-state index in [1.165, 1.54) is 16.9 Å². The molecule has 2 aromatic heterocycles. The van der Waals surface area contributed by atoms with Gasteiger partial charge in [-0.25, -0.2) is 9.78 Å². The van der Waals surface area contributed by atoms with Gasteiger partial charge in [0.15, 0.2) is 10.7 Å². The van der Waals surface area contributed by atoms with Gasteiger partial charge in [-0.3, -0.25) is 4.40 Å². The van der Waals surface area contributed by atoms with Gasteiger partial charge in [-0.05, 0) is 37.0 Å². The fraction of sp³-hybridized carbons (Fsp3) is 0.333. The van der Waals surface area contributed by atoms with Gasteiger partial charge in [-0.2, -0.15) is 0 Å². The molecule has 1 aromatic carbocycles. The van der Waals surface area contributed by atoms with Crippen LogP contribution < -0.4 is 4.74 Å².